The van der Waals surface area contributed by atoms with E-state index in [4.69, 9.17) is 0 Å². The smallest absolute Gasteiger partial charge is 0.128 e. The number of aromatic nitrogens is 1. The normalized spacial score (nSPS) is 20.0. The maximum atomic E-state index is 4.63. The quantitative estimate of drug-likeness (QED) is 0.897. The van der Waals surface area contributed by atoms with Crippen molar-refractivity contribution in [2.24, 2.45) is 0 Å². The summed E-state index contributed by atoms with van der Waals surface area (Å²) in [5.41, 5.74) is 1.26. The van der Waals surface area contributed by atoms with Crippen molar-refractivity contribution in [2.45, 2.75) is 45.0 Å². The van der Waals surface area contributed by atoms with E-state index in [0.717, 1.165) is 30.7 Å². The predicted octanol–water partition coefficient (Wildman–Crippen LogP) is 2.91. The van der Waals surface area contributed by atoms with Crippen LogP contribution in [0.3, 0.4) is 0 Å². The molecule has 4 heteroatoms. The number of anilines is 1. The fourth-order valence-electron chi connectivity index (χ4n) is 2.20. The minimum absolute atomic E-state index is 0.518. The van der Waals surface area contributed by atoms with Crippen LogP contribution in [0.4, 0.5) is 5.82 Å². The SMILES string of the molecule is CCC1CN(c2ccc(CNC(C)C)cn2)CCS1. The Morgan fingerprint density at radius 1 is 1.47 bits per heavy atom. The lowest BCUT2D eigenvalue weighted by Gasteiger charge is -2.32. The first kappa shape index (κ1) is 14.7. The van der Waals surface area contributed by atoms with Crippen LogP contribution < -0.4 is 10.2 Å². The van der Waals surface area contributed by atoms with E-state index in [1.54, 1.807) is 0 Å². The van der Waals surface area contributed by atoms with Gasteiger partial charge in [0.15, 0.2) is 0 Å². The largest absolute Gasteiger partial charge is 0.355 e. The number of hydrogen-bond acceptors (Lipinski definition) is 4. The van der Waals surface area contributed by atoms with Gasteiger partial charge in [0, 0.05) is 42.9 Å². The van der Waals surface area contributed by atoms with Gasteiger partial charge in [-0.3, -0.25) is 0 Å². The van der Waals surface area contributed by atoms with Crippen LogP contribution in [-0.4, -0.2) is 35.1 Å². The lowest BCUT2D eigenvalue weighted by molar-refractivity contribution is 0.588. The molecule has 0 amide bonds. The maximum Gasteiger partial charge on any atom is 0.128 e. The Kier molecular flexibility index (Phi) is 5.52. The molecule has 0 spiro atoms. The van der Waals surface area contributed by atoms with Crippen LogP contribution in [0.1, 0.15) is 32.8 Å². The van der Waals surface area contributed by atoms with Gasteiger partial charge < -0.3 is 10.2 Å². The van der Waals surface area contributed by atoms with Gasteiger partial charge in [0.25, 0.3) is 0 Å². The van der Waals surface area contributed by atoms with Gasteiger partial charge in [-0.05, 0) is 18.1 Å². The first-order valence-corrected chi connectivity index (χ1v) is 8.28. The summed E-state index contributed by atoms with van der Waals surface area (Å²) in [5, 5.41) is 4.18. The van der Waals surface area contributed by atoms with E-state index in [1.807, 2.05) is 6.20 Å². The summed E-state index contributed by atoms with van der Waals surface area (Å²) >= 11 is 2.10. The van der Waals surface area contributed by atoms with Gasteiger partial charge in [-0.1, -0.05) is 26.8 Å². The number of thioether (sulfide) groups is 1. The molecule has 1 N–H and O–H groups in total. The third-order valence-electron chi connectivity index (χ3n) is 3.44. The molecule has 106 valence electrons. The van der Waals surface area contributed by atoms with Crippen LogP contribution in [0.2, 0.25) is 0 Å². The van der Waals surface area contributed by atoms with E-state index in [0.29, 0.717) is 6.04 Å². The lowest BCUT2D eigenvalue weighted by Crippen LogP contribution is -2.38. The minimum Gasteiger partial charge on any atom is -0.355 e. The van der Waals surface area contributed by atoms with Gasteiger partial charge in [0.05, 0.1) is 0 Å². The van der Waals surface area contributed by atoms with Crippen LogP contribution >= 0.6 is 11.8 Å². The Bertz CT molecular complexity index is 377. The molecule has 1 fully saturated rings. The molecule has 1 aliphatic rings. The molecule has 1 atom stereocenters. The van der Waals surface area contributed by atoms with Crippen LogP contribution in [0.15, 0.2) is 18.3 Å². The highest BCUT2D eigenvalue weighted by molar-refractivity contribution is 8.00. The number of nitrogens with zero attached hydrogens (tertiary/aromatic N) is 2. The molecule has 0 aliphatic carbocycles. The fraction of sp³-hybridized carbons (Fsp3) is 0.667. The molecule has 1 saturated heterocycles. The van der Waals surface area contributed by atoms with Crippen molar-refractivity contribution in [3.63, 3.8) is 0 Å². The van der Waals surface area contributed by atoms with Crippen LogP contribution in [0.5, 0.6) is 0 Å². The summed E-state index contributed by atoms with van der Waals surface area (Å²) in [4.78, 5) is 7.05. The van der Waals surface area contributed by atoms with Crippen molar-refractivity contribution >= 4 is 17.6 Å². The Morgan fingerprint density at radius 3 is 2.95 bits per heavy atom. The molecule has 0 radical (unpaired) electrons. The molecule has 1 aromatic heterocycles. The van der Waals surface area contributed by atoms with Gasteiger partial charge in [0.2, 0.25) is 0 Å². The van der Waals surface area contributed by atoms with Crippen molar-refractivity contribution in [3.05, 3.63) is 23.9 Å². The maximum absolute atomic E-state index is 4.63. The molecule has 2 rings (SSSR count). The van der Waals surface area contributed by atoms with Crippen molar-refractivity contribution in [3.8, 4) is 0 Å². The van der Waals surface area contributed by atoms with E-state index < -0.39 is 0 Å². The molecule has 0 saturated carbocycles. The van der Waals surface area contributed by atoms with Crippen LogP contribution in [0.25, 0.3) is 0 Å². The predicted molar refractivity (Wildman–Crippen MR) is 85.0 cm³/mol. The minimum atomic E-state index is 0.518. The Labute approximate surface area is 121 Å². The zero-order valence-corrected chi connectivity index (χ0v) is 13.0. The molecule has 1 aliphatic heterocycles. The van der Waals surface area contributed by atoms with Crippen LogP contribution in [0, 0.1) is 0 Å². The average Bonchev–Trinajstić information content (AvgIpc) is 2.45. The third kappa shape index (κ3) is 4.39. The van der Waals surface area contributed by atoms with Gasteiger partial charge >= 0.3 is 0 Å². The Hall–Kier alpha value is -0.740. The summed E-state index contributed by atoms with van der Waals surface area (Å²) < 4.78 is 0. The number of hydrogen-bond donors (Lipinski definition) is 1. The van der Waals surface area contributed by atoms with Crippen molar-refractivity contribution < 1.29 is 0 Å². The van der Waals surface area contributed by atoms with Gasteiger partial charge in [-0.2, -0.15) is 11.8 Å². The number of nitrogens with one attached hydrogen (secondary N) is 1. The summed E-state index contributed by atoms with van der Waals surface area (Å²) in [6, 6.07) is 4.88. The molecule has 2 heterocycles. The van der Waals surface area contributed by atoms with Gasteiger partial charge in [0.1, 0.15) is 5.82 Å². The standard InChI is InChI=1S/C15H25N3S/c1-4-14-11-18(7-8-19-14)15-6-5-13(10-17-15)9-16-12(2)3/h5-6,10,12,14,16H,4,7-9,11H2,1-3H3. The van der Waals surface area contributed by atoms with Crippen molar-refractivity contribution in [1.82, 2.24) is 10.3 Å². The molecule has 0 aromatic carbocycles. The second-order valence-electron chi connectivity index (χ2n) is 5.41. The first-order valence-electron chi connectivity index (χ1n) is 7.24. The zero-order chi connectivity index (χ0) is 13.7. The van der Waals surface area contributed by atoms with E-state index in [2.05, 4.69) is 59.9 Å². The highest BCUT2D eigenvalue weighted by atomic mass is 32.2. The fourth-order valence-corrected chi connectivity index (χ4v) is 3.38. The van der Waals surface area contributed by atoms with Crippen molar-refractivity contribution in [2.75, 3.05) is 23.7 Å². The second kappa shape index (κ2) is 7.15. The Balaban J connectivity index is 1.93. The topological polar surface area (TPSA) is 28.2 Å². The summed E-state index contributed by atoms with van der Waals surface area (Å²) in [5.74, 6) is 2.35. The van der Waals surface area contributed by atoms with E-state index in [-0.39, 0.29) is 0 Å². The molecule has 0 bridgehead atoms. The Morgan fingerprint density at radius 2 is 2.32 bits per heavy atom. The van der Waals surface area contributed by atoms with Crippen LogP contribution in [-0.2, 0) is 6.54 Å². The number of pyridine rings is 1. The zero-order valence-electron chi connectivity index (χ0n) is 12.2. The summed E-state index contributed by atoms with van der Waals surface area (Å²) in [7, 11) is 0. The highest BCUT2D eigenvalue weighted by Gasteiger charge is 2.19. The van der Waals surface area contributed by atoms with Crippen molar-refractivity contribution in [1.29, 1.82) is 0 Å². The second-order valence-corrected chi connectivity index (χ2v) is 6.82. The third-order valence-corrected chi connectivity index (χ3v) is 4.81. The summed E-state index contributed by atoms with van der Waals surface area (Å²) in [6.07, 6.45) is 3.25. The van der Waals surface area contributed by atoms with E-state index >= 15 is 0 Å². The molecule has 1 unspecified atom stereocenters. The molecule has 3 nitrogen and oxygen atoms in total. The lowest BCUT2D eigenvalue weighted by atomic mass is 10.2. The molecule has 1 aromatic rings. The molecule has 19 heavy (non-hydrogen) atoms. The number of rotatable bonds is 5. The molecular weight excluding hydrogens is 254 g/mol. The van der Waals surface area contributed by atoms with Gasteiger partial charge in [-0.25, -0.2) is 4.98 Å². The highest BCUT2D eigenvalue weighted by Crippen LogP contribution is 2.24. The van der Waals surface area contributed by atoms with Gasteiger partial charge in [-0.15, -0.1) is 0 Å². The monoisotopic (exact) mass is 279 g/mol. The first-order chi connectivity index (χ1) is 9.19. The van der Waals surface area contributed by atoms with E-state index in [9.17, 15) is 0 Å². The van der Waals surface area contributed by atoms with E-state index in [1.165, 1.54) is 17.7 Å². The summed E-state index contributed by atoms with van der Waals surface area (Å²) in [6.45, 7) is 9.76. The molecular formula is C15H25N3S. The average molecular weight is 279 g/mol.